The number of allylic oxidation sites excluding steroid dienone is 1. The molecule has 0 aliphatic carbocycles. The van der Waals surface area contributed by atoms with Crippen LogP contribution in [-0.4, -0.2) is 23.7 Å². The van der Waals surface area contributed by atoms with Crippen LogP contribution in [0.2, 0.25) is 0 Å². The lowest BCUT2D eigenvalue weighted by atomic mass is 10.3. The molecule has 2 rings (SSSR count). The fourth-order valence-electron chi connectivity index (χ4n) is 1.31. The third kappa shape index (κ3) is 10.9. The van der Waals surface area contributed by atoms with Crippen molar-refractivity contribution in [2.45, 2.75) is 34.6 Å². The molecule has 0 unspecified atom stereocenters. The number of rotatable bonds is 2. The maximum absolute atomic E-state index is 4.54. The number of nitrogens with zero attached hydrogens (tertiary/aromatic N) is 3. The Morgan fingerprint density at radius 1 is 1.30 bits per heavy atom. The topological polar surface area (TPSA) is 38.1 Å². The number of hydrogen-bond acceptors (Lipinski definition) is 4. The average Bonchev–Trinajstić information content (AvgIpc) is 2.86. The Bertz CT molecular complexity index is 611. The van der Waals surface area contributed by atoms with Crippen molar-refractivity contribution in [3.05, 3.63) is 39.6 Å². The maximum Gasteiger partial charge on any atom is 0.125 e. The van der Waals surface area contributed by atoms with Gasteiger partial charge < -0.3 is 4.99 Å². The first-order valence-corrected chi connectivity index (χ1v) is 9.03. The van der Waals surface area contributed by atoms with Gasteiger partial charge in [0, 0.05) is 34.9 Å². The molecule has 23 heavy (non-hydrogen) atoms. The summed E-state index contributed by atoms with van der Waals surface area (Å²) in [6.45, 7) is 13.7. The van der Waals surface area contributed by atoms with Crippen LogP contribution in [-0.2, 0) is 0 Å². The molecule has 0 saturated heterocycles. The average molecular weight is 396 g/mol. The van der Waals surface area contributed by atoms with Gasteiger partial charge in [0.15, 0.2) is 0 Å². The molecule has 0 bridgehead atoms. The van der Waals surface area contributed by atoms with Crippen molar-refractivity contribution in [3.63, 3.8) is 0 Å². The van der Waals surface area contributed by atoms with Crippen LogP contribution in [0.5, 0.6) is 0 Å². The lowest BCUT2D eigenvalue weighted by molar-refractivity contribution is 0.737. The van der Waals surface area contributed by atoms with Crippen LogP contribution in [0.1, 0.15) is 40.3 Å². The van der Waals surface area contributed by atoms with Crippen LogP contribution in [0.3, 0.4) is 0 Å². The number of aliphatic imine (C=N–C) groups is 1. The van der Waals surface area contributed by atoms with Crippen molar-refractivity contribution in [2.75, 3.05) is 7.05 Å². The molecule has 0 aliphatic rings. The van der Waals surface area contributed by atoms with Crippen LogP contribution < -0.4 is 0 Å². The zero-order valence-corrected chi connectivity index (χ0v) is 17.2. The Morgan fingerprint density at radius 2 is 1.87 bits per heavy atom. The highest BCUT2D eigenvalue weighted by molar-refractivity contribution is 9.10. The van der Waals surface area contributed by atoms with E-state index >= 15 is 0 Å². The molecule has 3 nitrogen and oxygen atoms in total. The van der Waals surface area contributed by atoms with E-state index in [0.717, 1.165) is 26.7 Å². The lowest BCUT2D eigenvalue weighted by Crippen LogP contribution is -1.80. The summed E-state index contributed by atoms with van der Waals surface area (Å²) in [4.78, 5) is 11.9. The smallest absolute Gasteiger partial charge is 0.125 e. The van der Waals surface area contributed by atoms with Crippen molar-refractivity contribution in [1.82, 2.24) is 9.97 Å². The minimum atomic E-state index is 0.833. The largest absolute Gasteiger partial charge is 0.304 e. The molecule has 0 atom stereocenters. The van der Waals surface area contributed by atoms with Crippen LogP contribution in [0.4, 0.5) is 0 Å². The van der Waals surface area contributed by atoms with Crippen molar-refractivity contribution < 1.29 is 0 Å². The normalized spacial score (nSPS) is 9.22. The summed E-state index contributed by atoms with van der Waals surface area (Å²) in [7, 11) is 1.64. The van der Waals surface area contributed by atoms with Crippen LogP contribution >= 0.6 is 27.3 Å². The van der Waals surface area contributed by atoms with E-state index in [1.807, 2.05) is 12.3 Å². The molecule has 0 aliphatic heterocycles. The summed E-state index contributed by atoms with van der Waals surface area (Å²) >= 11 is 5.05. The van der Waals surface area contributed by atoms with Crippen LogP contribution in [0.25, 0.3) is 16.6 Å². The number of thiazole rings is 1. The Labute approximate surface area is 152 Å². The van der Waals surface area contributed by atoms with E-state index in [4.69, 9.17) is 0 Å². The van der Waals surface area contributed by atoms with Gasteiger partial charge in [-0.25, -0.2) is 4.98 Å². The van der Waals surface area contributed by atoms with Gasteiger partial charge in [-0.1, -0.05) is 26.3 Å². The fourth-order valence-corrected chi connectivity index (χ4v) is 2.43. The summed E-state index contributed by atoms with van der Waals surface area (Å²) in [6, 6.07) is 2.03. The summed E-state index contributed by atoms with van der Waals surface area (Å²) in [5.41, 5.74) is 3.32. The van der Waals surface area contributed by atoms with E-state index in [-0.39, 0.29) is 0 Å². The first-order valence-electron chi connectivity index (χ1n) is 7.36. The molecule has 0 aromatic carbocycles. The third-order valence-corrected chi connectivity index (χ3v) is 3.25. The molecule has 0 amide bonds. The molecule has 2 heterocycles. The molecule has 126 valence electrons. The quantitative estimate of drug-likeness (QED) is 0.553. The highest BCUT2D eigenvalue weighted by Gasteiger charge is 2.04. The standard InChI is InChI=1S/C12H11BrN2S.C4H10.C2H5N/c1-8(2)3-11-7-16-12(15-11)9-4-10(13)6-14-5-9;1-4(2)3;1-3-2/h3-7H,1-2H3;4H,1-3H3;1H2,2H3. The molecular formula is C18H26BrN3S. The maximum atomic E-state index is 4.54. The number of hydrogen-bond donors (Lipinski definition) is 0. The molecule has 0 fully saturated rings. The Hall–Kier alpha value is -1.33. The molecular weight excluding hydrogens is 370 g/mol. The number of halogens is 1. The van der Waals surface area contributed by atoms with Gasteiger partial charge in [-0.15, -0.1) is 11.3 Å². The lowest BCUT2D eigenvalue weighted by Gasteiger charge is -1.95. The van der Waals surface area contributed by atoms with Crippen molar-refractivity contribution >= 4 is 40.1 Å². The second kappa shape index (κ2) is 12.1. The SMILES string of the molecule is C=NC.CC(C)=Cc1csc(-c2cncc(Br)c2)n1.CC(C)C. The molecule has 0 radical (unpaired) electrons. The zero-order chi connectivity index (χ0) is 17.8. The summed E-state index contributed by atoms with van der Waals surface area (Å²) in [5, 5.41) is 3.06. The van der Waals surface area contributed by atoms with Gasteiger partial charge >= 0.3 is 0 Å². The number of pyridine rings is 1. The minimum absolute atomic E-state index is 0.833. The predicted octanol–water partition coefficient (Wildman–Crippen LogP) is 6.37. The Kier molecular flexibility index (Phi) is 11.4. The van der Waals surface area contributed by atoms with E-state index in [0.29, 0.717) is 0 Å². The molecule has 2 aromatic heterocycles. The van der Waals surface area contributed by atoms with Gasteiger partial charge in [0.25, 0.3) is 0 Å². The van der Waals surface area contributed by atoms with E-state index in [1.165, 1.54) is 5.57 Å². The minimum Gasteiger partial charge on any atom is -0.304 e. The van der Waals surface area contributed by atoms with E-state index in [1.54, 1.807) is 24.6 Å². The zero-order valence-electron chi connectivity index (χ0n) is 14.8. The van der Waals surface area contributed by atoms with Crippen molar-refractivity contribution in [3.8, 4) is 10.6 Å². The van der Waals surface area contributed by atoms with Crippen molar-refractivity contribution in [1.29, 1.82) is 0 Å². The van der Waals surface area contributed by atoms with E-state index < -0.39 is 0 Å². The molecule has 0 spiro atoms. The van der Waals surface area contributed by atoms with Gasteiger partial charge in [-0.3, -0.25) is 4.98 Å². The second-order valence-corrected chi connectivity index (χ2v) is 7.51. The third-order valence-electron chi connectivity index (χ3n) is 1.91. The predicted molar refractivity (Wildman–Crippen MR) is 108 cm³/mol. The Balaban J connectivity index is 0.000000591. The van der Waals surface area contributed by atoms with Gasteiger partial charge in [0.05, 0.1) is 5.69 Å². The highest BCUT2D eigenvalue weighted by atomic mass is 79.9. The van der Waals surface area contributed by atoms with Gasteiger partial charge in [-0.2, -0.15) is 0 Å². The van der Waals surface area contributed by atoms with Gasteiger partial charge in [-0.05, 0) is 54.6 Å². The van der Waals surface area contributed by atoms with Crippen molar-refractivity contribution in [2.24, 2.45) is 10.9 Å². The summed E-state index contributed by atoms with van der Waals surface area (Å²) < 4.78 is 0.976. The summed E-state index contributed by atoms with van der Waals surface area (Å²) in [6.07, 6.45) is 5.68. The first-order chi connectivity index (χ1) is 10.8. The van der Waals surface area contributed by atoms with Gasteiger partial charge in [0.1, 0.15) is 5.01 Å². The highest BCUT2D eigenvalue weighted by Crippen LogP contribution is 2.25. The molecule has 5 heteroatoms. The monoisotopic (exact) mass is 395 g/mol. The molecule has 2 aromatic rings. The Morgan fingerprint density at radius 3 is 2.35 bits per heavy atom. The first kappa shape index (κ1) is 21.7. The summed E-state index contributed by atoms with van der Waals surface area (Å²) in [5.74, 6) is 0.833. The van der Waals surface area contributed by atoms with Crippen LogP contribution in [0.15, 0.2) is 38.9 Å². The number of aromatic nitrogens is 2. The van der Waals surface area contributed by atoms with Gasteiger partial charge in [0.2, 0.25) is 0 Å². The van der Waals surface area contributed by atoms with E-state index in [2.05, 4.69) is 83.7 Å². The van der Waals surface area contributed by atoms with E-state index in [9.17, 15) is 0 Å². The fraction of sp³-hybridized carbons (Fsp3) is 0.389. The molecule has 0 saturated carbocycles. The molecule has 0 N–H and O–H groups in total. The van der Waals surface area contributed by atoms with Crippen LogP contribution in [0, 0.1) is 5.92 Å². The second-order valence-electron chi connectivity index (χ2n) is 5.74.